The summed E-state index contributed by atoms with van der Waals surface area (Å²) in [5.41, 5.74) is 0.427. The van der Waals surface area contributed by atoms with E-state index in [1.165, 1.54) is 0 Å². The van der Waals surface area contributed by atoms with Gasteiger partial charge in [0.15, 0.2) is 5.82 Å². The van der Waals surface area contributed by atoms with E-state index in [1.807, 2.05) is 0 Å². The van der Waals surface area contributed by atoms with Gasteiger partial charge in [-0.15, -0.1) is 0 Å². The SMILES string of the molecule is Cc1noc([C@@H]2CCCN(C(=O)c3cccc(Cl)c3Cl)C2)n1. The van der Waals surface area contributed by atoms with Crippen molar-refractivity contribution < 1.29 is 9.32 Å². The van der Waals surface area contributed by atoms with Crippen LogP contribution in [0.4, 0.5) is 0 Å². The summed E-state index contributed by atoms with van der Waals surface area (Å²) in [6.07, 6.45) is 1.81. The van der Waals surface area contributed by atoms with E-state index < -0.39 is 0 Å². The maximum atomic E-state index is 12.7. The van der Waals surface area contributed by atoms with Gasteiger partial charge in [-0.25, -0.2) is 0 Å². The van der Waals surface area contributed by atoms with Gasteiger partial charge in [-0.05, 0) is 31.9 Å². The lowest BCUT2D eigenvalue weighted by molar-refractivity contribution is 0.0696. The third-order valence-corrected chi connectivity index (χ3v) is 4.60. The number of piperidine rings is 1. The molecule has 1 aliphatic rings. The molecule has 0 saturated carbocycles. The van der Waals surface area contributed by atoms with Gasteiger partial charge < -0.3 is 9.42 Å². The Morgan fingerprint density at radius 1 is 1.41 bits per heavy atom. The van der Waals surface area contributed by atoms with E-state index in [0.29, 0.717) is 40.4 Å². The highest BCUT2D eigenvalue weighted by Crippen LogP contribution is 2.30. The van der Waals surface area contributed by atoms with Crippen molar-refractivity contribution in [3.63, 3.8) is 0 Å². The average Bonchev–Trinajstić information content (AvgIpc) is 2.96. The highest BCUT2D eigenvalue weighted by Gasteiger charge is 2.29. The van der Waals surface area contributed by atoms with E-state index in [9.17, 15) is 4.79 Å². The fourth-order valence-corrected chi connectivity index (χ4v) is 3.06. The molecule has 1 atom stereocenters. The first-order valence-corrected chi connectivity index (χ1v) is 7.85. The summed E-state index contributed by atoms with van der Waals surface area (Å²) < 4.78 is 5.23. The van der Waals surface area contributed by atoms with Crippen LogP contribution in [0.2, 0.25) is 10.0 Å². The van der Waals surface area contributed by atoms with Crippen LogP contribution in [-0.4, -0.2) is 34.0 Å². The zero-order chi connectivity index (χ0) is 15.7. The Morgan fingerprint density at radius 3 is 2.95 bits per heavy atom. The number of hydrogen-bond acceptors (Lipinski definition) is 4. The second kappa shape index (κ2) is 6.26. The van der Waals surface area contributed by atoms with Gasteiger partial charge in [0.1, 0.15) is 0 Å². The van der Waals surface area contributed by atoms with Crippen LogP contribution in [0.3, 0.4) is 0 Å². The van der Waals surface area contributed by atoms with E-state index in [2.05, 4.69) is 10.1 Å². The number of likely N-dealkylation sites (tertiary alicyclic amines) is 1. The number of aromatic nitrogens is 2. The number of carbonyl (C=O) groups excluding carboxylic acids is 1. The smallest absolute Gasteiger partial charge is 0.255 e. The largest absolute Gasteiger partial charge is 0.339 e. The highest BCUT2D eigenvalue weighted by molar-refractivity contribution is 6.43. The molecular weight excluding hydrogens is 325 g/mol. The Bertz CT molecular complexity index is 702. The molecule has 0 spiro atoms. The average molecular weight is 340 g/mol. The molecule has 2 heterocycles. The third-order valence-electron chi connectivity index (χ3n) is 3.78. The number of halogens is 2. The van der Waals surface area contributed by atoms with Gasteiger partial charge in [0.05, 0.1) is 21.5 Å². The number of rotatable bonds is 2. The quantitative estimate of drug-likeness (QED) is 0.836. The Balaban J connectivity index is 1.79. The molecule has 0 N–H and O–H groups in total. The maximum Gasteiger partial charge on any atom is 0.255 e. The summed E-state index contributed by atoms with van der Waals surface area (Å²) in [5.74, 6) is 1.15. The van der Waals surface area contributed by atoms with Crippen LogP contribution in [0.15, 0.2) is 22.7 Å². The second-order valence-electron chi connectivity index (χ2n) is 5.37. The molecule has 0 radical (unpaired) electrons. The first-order chi connectivity index (χ1) is 10.6. The Morgan fingerprint density at radius 2 is 2.23 bits per heavy atom. The number of benzene rings is 1. The number of carbonyl (C=O) groups is 1. The van der Waals surface area contributed by atoms with Gasteiger partial charge in [-0.3, -0.25) is 4.79 Å². The summed E-state index contributed by atoms with van der Waals surface area (Å²) >= 11 is 12.1. The van der Waals surface area contributed by atoms with Gasteiger partial charge in [0.2, 0.25) is 5.89 Å². The number of hydrogen-bond donors (Lipinski definition) is 0. The van der Waals surface area contributed by atoms with Crippen molar-refractivity contribution >= 4 is 29.1 Å². The van der Waals surface area contributed by atoms with Gasteiger partial charge in [0.25, 0.3) is 5.91 Å². The lowest BCUT2D eigenvalue weighted by Crippen LogP contribution is -2.39. The Hall–Kier alpha value is -1.59. The van der Waals surface area contributed by atoms with Crippen molar-refractivity contribution in [2.75, 3.05) is 13.1 Å². The van der Waals surface area contributed by atoms with Crippen molar-refractivity contribution in [1.82, 2.24) is 15.0 Å². The molecule has 2 aromatic rings. The van der Waals surface area contributed by atoms with Crippen molar-refractivity contribution in [3.05, 3.63) is 45.5 Å². The molecule has 5 nitrogen and oxygen atoms in total. The molecule has 1 aliphatic heterocycles. The predicted molar refractivity (Wildman–Crippen MR) is 83.4 cm³/mol. The summed E-state index contributed by atoms with van der Waals surface area (Å²) in [6.45, 7) is 3.01. The standard InChI is InChI=1S/C15H15Cl2N3O2/c1-9-18-14(22-19-9)10-4-3-7-20(8-10)15(21)11-5-2-6-12(16)13(11)17/h2,5-6,10H,3-4,7-8H2,1H3/t10-/m1/s1. The molecule has 116 valence electrons. The Kier molecular flexibility index (Phi) is 4.36. The van der Waals surface area contributed by atoms with Crippen LogP contribution >= 0.6 is 23.2 Å². The zero-order valence-electron chi connectivity index (χ0n) is 12.1. The molecule has 7 heteroatoms. The van der Waals surface area contributed by atoms with Crippen LogP contribution in [0.1, 0.15) is 40.8 Å². The third kappa shape index (κ3) is 2.96. The molecule has 1 fully saturated rings. The second-order valence-corrected chi connectivity index (χ2v) is 6.16. The van der Waals surface area contributed by atoms with E-state index in [0.717, 1.165) is 12.8 Å². The molecule has 0 aliphatic carbocycles. The van der Waals surface area contributed by atoms with Crippen molar-refractivity contribution in [1.29, 1.82) is 0 Å². The molecule has 0 unspecified atom stereocenters. The first kappa shape index (κ1) is 15.3. The minimum atomic E-state index is -0.117. The summed E-state index contributed by atoms with van der Waals surface area (Å²) in [5, 5.41) is 4.50. The van der Waals surface area contributed by atoms with E-state index in [4.69, 9.17) is 27.7 Å². The number of aryl methyl sites for hydroxylation is 1. The van der Waals surface area contributed by atoms with Gasteiger partial charge in [-0.1, -0.05) is 34.4 Å². The van der Waals surface area contributed by atoms with E-state index >= 15 is 0 Å². The molecule has 1 aromatic carbocycles. The summed E-state index contributed by atoms with van der Waals surface area (Å²) in [4.78, 5) is 18.7. The lowest BCUT2D eigenvalue weighted by atomic mass is 9.97. The molecule has 1 amide bonds. The van der Waals surface area contributed by atoms with Crippen LogP contribution in [0.25, 0.3) is 0 Å². The van der Waals surface area contributed by atoms with Crippen LogP contribution in [-0.2, 0) is 0 Å². The lowest BCUT2D eigenvalue weighted by Gasteiger charge is -2.31. The monoisotopic (exact) mass is 339 g/mol. The van der Waals surface area contributed by atoms with Crippen molar-refractivity contribution in [2.45, 2.75) is 25.7 Å². The molecule has 3 rings (SSSR count). The zero-order valence-corrected chi connectivity index (χ0v) is 13.6. The fourth-order valence-electron chi connectivity index (χ4n) is 2.68. The Labute approximate surface area is 138 Å². The van der Waals surface area contributed by atoms with Crippen LogP contribution in [0.5, 0.6) is 0 Å². The van der Waals surface area contributed by atoms with Gasteiger partial charge in [-0.2, -0.15) is 4.98 Å². The molecule has 0 bridgehead atoms. The van der Waals surface area contributed by atoms with Crippen LogP contribution in [0, 0.1) is 6.92 Å². The number of nitrogens with zero attached hydrogens (tertiary/aromatic N) is 3. The number of amides is 1. The maximum absolute atomic E-state index is 12.7. The minimum Gasteiger partial charge on any atom is -0.339 e. The molecular formula is C15H15Cl2N3O2. The predicted octanol–water partition coefficient (Wildman–Crippen LogP) is 3.70. The fraction of sp³-hybridized carbons (Fsp3) is 0.400. The van der Waals surface area contributed by atoms with Crippen molar-refractivity contribution in [3.8, 4) is 0 Å². The van der Waals surface area contributed by atoms with Crippen LogP contribution < -0.4 is 0 Å². The topological polar surface area (TPSA) is 59.2 Å². The summed E-state index contributed by atoms with van der Waals surface area (Å²) in [7, 11) is 0. The molecule has 1 saturated heterocycles. The van der Waals surface area contributed by atoms with Crippen molar-refractivity contribution in [2.24, 2.45) is 0 Å². The van der Waals surface area contributed by atoms with Gasteiger partial charge in [0, 0.05) is 13.1 Å². The van der Waals surface area contributed by atoms with E-state index in [-0.39, 0.29) is 11.8 Å². The summed E-state index contributed by atoms with van der Waals surface area (Å²) in [6, 6.07) is 5.09. The first-order valence-electron chi connectivity index (χ1n) is 7.09. The highest BCUT2D eigenvalue weighted by atomic mass is 35.5. The van der Waals surface area contributed by atoms with Gasteiger partial charge >= 0.3 is 0 Å². The van der Waals surface area contributed by atoms with E-state index in [1.54, 1.807) is 30.0 Å². The minimum absolute atomic E-state index is 0.0665. The normalized spacial score (nSPS) is 18.5. The molecule has 1 aromatic heterocycles. The molecule has 22 heavy (non-hydrogen) atoms.